The van der Waals surface area contributed by atoms with Gasteiger partial charge < -0.3 is 10.2 Å². The molecule has 1 aromatic carbocycles. The minimum absolute atomic E-state index is 0.0324. The van der Waals surface area contributed by atoms with Crippen molar-refractivity contribution < 1.29 is 9.18 Å². The molecule has 0 spiro atoms. The molecule has 6 heteroatoms. The highest BCUT2D eigenvalue weighted by molar-refractivity contribution is 7.97. The molecule has 1 amide bonds. The minimum Gasteiger partial charge on any atom is -0.337 e. The number of rotatable bonds is 4. The second-order valence-electron chi connectivity index (χ2n) is 6.22. The Bertz CT molecular complexity index is 563. The summed E-state index contributed by atoms with van der Waals surface area (Å²) in [5, 5.41) is 3.36. The smallest absolute Gasteiger partial charge is 0.253 e. The fourth-order valence-electron chi connectivity index (χ4n) is 3.43. The summed E-state index contributed by atoms with van der Waals surface area (Å²) in [7, 11) is 0. The van der Waals surface area contributed by atoms with Crippen molar-refractivity contribution in [1.82, 2.24) is 15.1 Å². The van der Waals surface area contributed by atoms with Crippen molar-refractivity contribution in [2.75, 3.05) is 45.5 Å². The van der Waals surface area contributed by atoms with Crippen molar-refractivity contribution in [1.29, 1.82) is 0 Å². The molecule has 1 atom stereocenters. The van der Waals surface area contributed by atoms with Gasteiger partial charge in [0.2, 0.25) is 0 Å². The van der Waals surface area contributed by atoms with E-state index < -0.39 is 0 Å². The summed E-state index contributed by atoms with van der Waals surface area (Å²) in [6.45, 7) is 5.75. The van der Waals surface area contributed by atoms with Crippen LogP contribution in [-0.4, -0.2) is 67.3 Å². The van der Waals surface area contributed by atoms with Gasteiger partial charge in [0.1, 0.15) is 5.82 Å². The molecule has 1 N–H and O–H groups in total. The van der Waals surface area contributed by atoms with Gasteiger partial charge in [-0.15, -0.1) is 0 Å². The molecule has 2 aliphatic heterocycles. The molecule has 0 aromatic heterocycles. The summed E-state index contributed by atoms with van der Waals surface area (Å²) in [6.07, 6.45) is 2.97. The van der Waals surface area contributed by atoms with Crippen LogP contribution in [0.3, 0.4) is 0 Å². The van der Waals surface area contributed by atoms with Crippen LogP contribution in [0.15, 0.2) is 18.2 Å². The zero-order chi connectivity index (χ0) is 16.2. The first-order chi connectivity index (χ1) is 11.2. The number of nitrogens with zero attached hydrogens (tertiary/aromatic N) is 2. The molecule has 0 radical (unpaired) electrons. The van der Waals surface area contributed by atoms with Crippen LogP contribution in [0.5, 0.6) is 0 Å². The van der Waals surface area contributed by atoms with E-state index in [0.29, 0.717) is 22.9 Å². The molecule has 0 saturated carbocycles. The number of carbonyl (C=O) groups is 1. The van der Waals surface area contributed by atoms with Gasteiger partial charge in [0.15, 0.2) is 0 Å². The van der Waals surface area contributed by atoms with E-state index in [2.05, 4.69) is 10.2 Å². The van der Waals surface area contributed by atoms with Gasteiger partial charge in [-0.3, -0.25) is 9.69 Å². The molecular weight excluding hydrogens is 313 g/mol. The zero-order valence-corrected chi connectivity index (χ0v) is 14.4. The molecule has 23 heavy (non-hydrogen) atoms. The number of hydrogen-bond acceptors (Lipinski definition) is 4. The van der Waals surface area contributed by atoms with Gasteiger partial charge in [-0.25, -0.2) is 4.39 Å². The van der Waals surface area contributed by atoms with Crippen LogP contribution in [0.2, 0.25) is 0 Å². The maximum absolute atomic E-state index is 13.8. The number of carbonyl (C=O) groups excluding carboxylic acids is 1. The van der Waals surface area contributed by atoms with Crippen LogP contribution in [-0.2, 0) is 5.75 Å². The Morgan fingerprint density at radius 1 is 1.35 bits per heavy atom. The number of halogens is 1. The normalized spacial score (nSPS) is 22.5. The standard InChI is InChI=1S/C17H24FN3OS/c1-23-12-14-10-13(2-3-16(14)18)17(22)21-7-4-15(11-21)20-8-5-19-6-9-20/h2-3,10,15,19H,4-9,11-12H2,1H3. The molecule has 126 valence electrons. The van der Waals surface area contributed by atoms with Crippen molar-refractivity contribution in [3.63, 3.8) is 0 Å². The van der Waals surface area contributed by atoms with Crippen LogP contribution in [0.4, 0.5) is 4.39 Å². The number of nitrogens with one attached hydrogen (secondary N) is 1. The number of likely N-dealkylation sites (tertiary alicyclic amines) is 1. The summed E-state index contributed by atoms with van der Waals surface area (Å²) in [5.74, 6) is 0.400. The molecule has 2 saturated heterocycles. The maximum atomic E-state index is 13.8. The van der Waals surface area contributed by atoms with Crippen molar-refractivity contribution in [2.45, 2.75) is 18.2 Å². The quantitative estimate of drug-likeness (QED) is 0.909. The third-order valence-electron chi connectivity index (χ3n) is 4.71. The number of piperazine rings is 1. The Hall–Kier alpha value is -1.11. The fraction of sp³-hybridized carbons (Fsp3) is 0.588. The molecule has 2 aliphatic rings. The van der Waals surface area contributed by atoms with E-state index in [1.807, 2.05) is 11.2 Å². The molecular formula is C17H24FN3OS. The Balaban J connectivity index is 1.65. The highest BCUT2D eigenvalue weighted by atomic mass is 32.2. The van der Waals surface area contributed by atoms with E-state index in [1.165, 1.54) is 6.07 Å². The summed E-state index contributed by atoms with van der Waals surface area (Å²) >= 11 is 1.56. The van der Waals surface area contributed by atoms with Gasteiger partial charge in [-0.05, 0) is 36.4 Å². The fourth-order valence-corrected chi connectivity index (χ4v) is 3.96. The molecule has 4 nitrogen and oxygen atoms in total. The summed E-state index contributed by atoms with van der Waals surface area (Å²) in [4.78, 5) is 17.1. The van der Waals surface area contributed by atoms with E-state index in [9.17, 15) is 9.18 Å². The average molecular weight is 337 g/mol. The van der Waals surface area contributed by atoms with Gasteiger partial charge in [-0.2, -0.15) is 11.8 Å². The Labute approximate surface area is 141 Å². The largest absolute Gasteiger partial charge is 0.337 e. The summed E-state index contributed by atoms with van der Waals surface area (Å²) in [5.41, 5.74) is 1.22. The first-order valence-electron chi connectivity index (χ1n) is 8.20. The average Bonchev–Trinajstić information content (AvgIpc) is 3.07. The Morgan fingerprint density at radius 3 is 2.87 bits per heavy atom. The lowest BCUT2D eigenvalue weighted by molar-refractivity contribution is 0.0773. The van der Waals surface area contributed by atoms with Gasteiger partial charge in [-0.1, -0.05) is 0 Å². The van der Waals surface area contributed by atoms with Gasteiger partial charge in [0.25, 0.3) is 5.91 Å². The van der Waals surface area contributed by atoms with Crippen LogP contribution in [0, 0.1) is 5.82 Å². The van der Waals surface area contributed by atoms with Crippen molar-refractivity contribution in [2.24, 2.45) is 0 Å². The lowest BCUT2D eigenvalue weighted by atomic mass is 10.1. The highest BCUT2D eigenvalue weighted by Gasteiger charge is 2.31. The topological polar surface area (TPSA) is 35.6 Å². The first kappa shape index (κ1) is 16.7. The van der Waals surface area contributed by atoms with Crippen LogP contribution < -0.4 is 5.32 Å². The van der Waals surface area contributed by atoms with Crippen LogP contribution in [0.25, 0.3) is 0 Å². The molecule has 3 rings (SSSR count). The van der Waals surface area contributed by atoms with E-state index in [0.717, 1.165) is 45.7 Å². The van der Waals surface area contributed by atoms with Crippen molar-refractivity contribution in [3.05, 3.63) is 35.1 Å². The van der Waals surface area contributed by atoms with E-state index in [1.54, 1.807) is 23.9 Å². The molecule has 0 aliphatic carbocycles. The second kappa shape index (κ2) is 7.64. The summed E-state index contributed by atoms with van der Waals surface area (Å²) < 4.78 is 13.8. The first-order valence-corrected chi connectivity index (χ1v) is 9.60. The molecule has 2 heterocycles. The minimum atomic E-state index is -0.226. The number of thioether (sulfide) groups is 1. The third kappa shape index (κ3) is 3.87. The SMILES string of the molecule is CSCc1cc(C(=O)N2CCC(N3CCNCC3)C2)ccc1F. The monoisotopic (exact) mass is 337 g/mol. The Kier molecular flexibility index (Phi) is 5.56. The number of benzene rings is 1. The maximum Gasteiger partial charge on any atom is 0.253 e. The van der Waals surface area contributed by atoms with Crippen molar-refractivity contribution in [3.8, 4) is 0 Å². The number of hydrogen-bond donors (Lipinski definition) is 1. The second-order valence-corrected chi connectivity index (χ2v) is 7.08. The predicted molar refractivity (Wildman–Crippen MR) is 92.4 cm³/mol. The third-order valence-corrected chi connectivity index (χ3v) is 5.31. The molecule has 0 bridgehead atoms. The highest BCUT2D eigenvalue weighted by Crippen LogP contribution is 2.21. The zero-order valence-electron chi connectivity index (χ0n) is 13.6. The van der Waals surface area contributed by atoms with E-state index in [4.69, 9.17) is 0 Å². The number of amides is 1. The Morgan fingerprint density at radius 2 is 2.13 bits per heavy atom. The van der Waals surface area contributed by atoms with Gasteiger partial charge in [0.05, 0.1) is 0 Å². The molecule has 1 unspecified atom stereocenters. The molecule has 2 fully saturated rings. The van der Waals surface area contributed by atoms with Gasteiger partial charge >= 0.3 is 0 Å². The van der Waals surface area contributed by atoms with E-state index >= 15 is 0 Å². The van der Waals surface area contributed by atoms with E-state index in [-0.39, 0.29) is 11.7 Å². The van der Waals surface area contributed by atoms with Gasteiger partial charge in [0, 0.05) is 56.6 Å². The van der Waals surface area contributed by atoms with Crippen molar-refractivity contribution >= 4 is 17.7 Å². The van der Waals surface area contributed by atoms with Crippen LogP contribution >= 0.6 is 11.8 Å². The summed E-state index contributed by atoms with van der Waals surface area (Å²) in [6, 6.07) is 5.21. The lowest BCUT2D eigenvalue weighted by Gasteiger charge is -2.32. The van der Waals surface area contributed by atoms with Crippen LogP contribution in [0.1, 0.15) is 22.3 Å². The predicted octanol–water partition coefficient (Wildman–Crippen LogP) is 1.81. The molecule has 1 aromatic rings. The lowest BCUT2D eigenvalue weighted by Crippen LogP contribution is -2.49.